The van der Waals surface area contributed by atoms with Gasteiger partial charge in [-0.1, -0.05) is 6.07 Å². The van der Waals surface area contributed by atoms with Crippen molar-refractivity contribution in [1.29, 1.82) is 0 Å². The lowest BCUT2D eigenvalue weighted by Gasteiger charge is -2.16. The monoisotopic (exact) mass is 472 g/mol. The number of halogens is 4. The molecule has 34 heavy (non-hydrogen) atoms. The molecular formula is C25H20F4N2O3. The fraction of sp³-hybridized carbons (Fsp3) is 0.200. The molecule has 1 fully saturated rings. The molecular weight excluding hydrogens is 452 g/mol. The Labute approximate surface area is 192 Å². The van der Waals surface area contributed by atoms with Gasteiger partial charge in [-0.05, 0) is 79.9 Å². The van der Waals surface area contributed by atoms with Crippen LogP contribution in [-0.2, 0) is 6.18 Å². The minimum Gasteiger partial charge on any atom is -0.456 e. The van der Waals surface area contributed by atoms with E-state index in [-0.39, 0.29) is 34.7 Å². The van der Waals surface area contributed by atoms with Crippen LogP contribution >= 0.6 is 0 Å². The third-order valence-corrected chi connectivity index (χ3v) is 5.21. The Balaban J connectivity index is 1.62. The number of hydrogen-bond donors (Lipinski definition) is 2. The Morgan fingerprint density at radius 3 is 2.38 bits per heavy atom. The van der Waals surface area contributed by atoms with Crippen molar-refractivity contribution in [2.24, 2.45) is 0 Å². The molecule has 1 saturated carbocycles. The van der Waals surface area contributed by atoms with E-state index in [1.165, 1.54) is 25.1 Å². The molecule has 0 unspecified atom stereocenters. The lowest BCUT2D eigenvalue weighted by molar-refractivity contribution is -0.137. The van der Waals surface area contributed by atoms with Crippen LogP contribution in [0.5, 0.6) is 11.5 Å². The summed E-state index contributed by atoms with van der Waals surface area (Å²) in [7, 11) is 0. The lowest BCUT2D eigenvalue weighted by atomic mass is 10.1. The lowest BCUT2D eigenvalue weighted by Crippen LogP contribution is -2.25. The zero-order valence-corrected chi connectivity index (χ0v) is 18.0. The van der Waals surface area contributed by atoms with Crippen LogP contribution in [0.4, 0.5) is 23.2 Å². The molecule has 0 spiro atoms. The van der Waals surface area contributed by atoms with Crippen LogP contribution in [0.25, 0.3) is 0 Å². The van der Waals surface area contributed by atoms with Gasteiger partial charge in [-0.15, -0.1) is 0 Å². The van der Waals surface area contributed by atoms with E-state index >= 15 is 0 Å². The number of ether oxygens (including phenoxy) is 1. The predicted molar refractivity (Wildman–Crippen MR) is 118 cm³/mol. The molecule has 0 aromatic heterocycles. The van der Waals surface area contributed by atoms with Crippen molar-refractivity contribution in [1.82, 2.24) is 5.32 Å². The van der Waals surface area contributed by atoms with Gasteiger partial charge in [-0.3, -0.25) is 9.59 Å². The fourth-order valence-electron chi connectivity index (χ4n) is 3.25. The maximum absolute atomic E-state index is 13.4. The summed E-state index contributed by atoms with van der Waals surface area (Å²) in [6.45, 7) is 1.53. The summed E-state index contributed by atoms with van der Waals surface area (Å²) in [6.07, 6.45) is -2.81. The Morgan fingerprint density at radius 2 is 1.71 bits per heavy atom. The van der Waals surface area contributed by atoms with Gasteiger partial charge < -0.3 is 15.4 Å². The van der Waals surface area contributed by atoms with Gasteiger partial charge in [0.05, 0.1) is 11.1 Å². The average molecular weight is 472 g/mol. The SMILES string of the molecule is Cc1cc(F)ccc1Oc1cc(C(F)(F)F)ccc1C(=O)Nc1cccc(C(=O)NC2CC2)c1. The van der Waals surface area contributed by atoms with Crippen molar-refractivity contribution < 1.29 is 31.9 Å². The van der Waals surface area contributed by atoms with Gasteiger partial charge in [-0.2, -0.15) is 13.2 Å². The summed E-state index contributed by atoms with van der Waals surface area (Å²) < 4.78 is 58.9. The van der Waals surface area contributed by atoms with E-state index in [1.54, 1.807) is 18.2 Å². The Morgan fingerprint density at radius 1 is 0.941 bits per heavy atom. The third-order valence-electron chi connectivity index (χ3n) is 5.21. The zero-order valence-electron chi connectivity index (χ0n) is 18.0. The summed E-state index contributed by atoms with van der Waals surface area (Å²) in [4.78, 5) is 25.2. The smallest absolute Gasteiger partial charge is 0.416 e. The molecule has 4 rings (SSSR count). The van der Waals surface area contributed by atoms with E-state index < -0.39 is 23.5 Å². The van der Waals surface area contributed by atoms with Crippen LogP contribution in [0, 0.1) is 12.7 Å². The average Bonchev–Trinajstić information content (AvgIpc) is 3.59. The summed E-state index contributed by atoms with van der Waals surface area (Å²) >= 11 is 0. The van der Waals surface area contributed by atoms with Crippen molar-refractivity contribution in [2.75, 3.05) is 5.32 Å². The maximum atomic E-state index is 13.4. The van der Waals surface area contributed by atoms with Crippen LogP contribution in [0.3, 0.4) is 0 Å². The molecule has 0 radical (unpaired) electrons. The first-order valence-corrected chi connectivity index (χ1v) is 10.5. The second kappa shape index (κ2) is 9.17. The van der Waals surface area contributed by atoms with Gasteiger partial charge in [0.25, 0.3) is 11.8 Å². The normalized spacial score (nSPS) is 13.3. The number of carbonyl (C=O) groups excluding carboxylic acids is 2. The molecule has 0 saturated heterocycles. The fourth-order valence-corrected chi connectivity index (χ4v) is 3.25. The number of nitrogens with one attached hydrogen (secondary N) is 2. The van der Waals surface area contributed by atoms with Crippen LogP contribution in [0.2, 0.25) is 0 Å². The number of anilines is 1. The molecule has 1 aliphatic carbocycles. The standard InChI is InChI=1S/C25H20F4N2O3/c1-14-11-17(26)6-10-21(14)34-22-13-16(25(27,28)29)5-9-20(22)24(33)31-19-4-2-3-15(12-19)23(32)30-18-7-8-18/h2-6,9-13,18H,7-8H2,1H3,(H,30,32)(H,31,33). The molecule has 0 aliphatic heterocycles. The number of aryl methyl sites for hydroxylation is 1. The van der Waals surface area contributed by atoms with Gasteiger partial charge in [0.1, 0.15) is 17.3 Å². The minimum absolute atomic E-state index is 0.105. The van der Waals surface area contributed by atoms with E-state index in [9.17, 15) is 27.2 Å². The molecule has 2 N–H and O–H groups in total. The van der Waals surface area contributed by atoms with E-state index in [0.717, 1.165) is 37.1 Å². The van der Waals surface area contributed by atoms with Crippen molar-refractivity contribution in [3.05, 3.63) is 88.7 Å². The number of hydrogen-bond acceptors (Lipinski definition) is 3. The van der Waals surface area contributed by atoms with Crippen molar-refractivity contribution in [2.45, 2.75) is 32.0 Å². The molecule has 2 amide bonds. The molecule has 5 nitrogen and oxygen atoms in total. The maximum Gasteiger partial charge on any atom is 0.416 e. The van der Waals surface area contributed by atoms with E-state index in [4.69, 9.17) is 4.74 Å². The highest BCUT2D eigenvalue weighted by Crippen LogP contribution is 2.36. The first-order valence-electron chi connectivity index (χ1n) is 10.5. The van der Waals surface area contributed by atoms with Crippen molar-refractivity contribution in [3.63, 3.8) is 0 Å². The van der Waals surface area contributed by atoms with Gasteiger partial charge >= 0.3 is 6.18 Å². The molecule has 9 heteroatoms. The van der Waals surface area contributed by atoms with Crippen molar-refractivity contribution in [3.8, 4) is 11.5 Å². The number of alkyl halides is 3. The second-order valence-electron chi connectivity index (χ2n) is 8.00. The van der Waals surface area contributed by atoms with Gasteiger partial charge in [0.2, 0.25) is 0 Å². The van der Waals surface area contributed by atoms with Gasteiger partial charge in [0, 0.05) is 17.3 Å². The molecule has 0 heterocycles. The Hall–Kier alpha value is -3.88. The Kier molecular flexibility index (Phi) is 6.28. The molecule has 0 bridgehead atoms. The van der Waals surface area contributed by atoms with E-state index in [1.807, 2.05) is 0 Å². The highest BCUT2D eigenvalue weighted by Gasteiger charge is 2.32. The summed E-state index contributed by atoms with van der Waals surface area (Å²) in [6, 6.07) is 12.4. The third kappa shape index (κ3) is 5.54. The summed E-state index contributed by atoms with van der Waals surface area (Å²) in [5.74, 6) is -1.78. The summed E-state index contributed by atoms with van der Waals surface area (Å²) in [5, 5.41) is 5.43. The van der Waals surface area contributed by atoms with Crippen LogP contribution in [0.15, 0.2) is 60.7 Å². The molecule has 3 aromatic rings. The largest absolute Gasteiger partial charge is 0.456 e. The molecule has 3 aromatic carbocycles. The number of rotatable bonds is 6. The summed E-state index contributed by atoms with van der Waals surface area (Å²) in [5.41, 5.74) is -0.187. The second-order valence-corrected chi connectivity index (χ2v) is 8.00. The number of benzene rings is 3. The predicted octanol–water partition coefficient (Wildman–Crippen LogP) is 6.09. The number of amides is 2. The topological polar surface area (TPSA) is 67.4 Å². The van der Waals surface area contributed by atoms with Crippen molar-refractivity contribution >= 4 is 17.5 Å². The van der Waals surface area contributed by atoms with Crippen LogP contribution in [-0.4, -0.2) is 17.9 Å². The zero-order chi connectivity index (χ0) is 24.5. The highest BCUT2D eigenvalue weighted by molar-refractivity contribution is 6.07. The van der Waals surface area contributed by atoms with Crippen LogP contribution < -0.4 is 15.4 Å². The first kappa shape index (κ1) is 23.3. The molecule has 1 aliphatic rings. The van der Waals surface area contributed by atoms with Crippen LogP contribution in [0.1, 0.15) is 44.7 Å². The highest BCUT2D eigenvalue weighted by atomic mass is 19.4. The Bertz CT molecular complexity index is 1250. The van der Waals surface area contributed by atoms with Gasteiger partial charge in [0.15, 0.2) is 0 Å². The van der Waals surface area contributed by atoms with Gasteiger partial charge in [-0.25, -0.2) is 4.39 Å². The van der Waals surface area contributed by atoms with E-state index in [0.29, 0.717) is 11.1 Å². The molecule has 176 valence electrons. The first-order chi connectivity index (χ1) is 16.1. The van der Waals surface area contributed by atoms with E-state index in [2.05, 4.69) is 10.6 Å². The minimum atomic E-state index is -4.66. The number of carbonyl (C=O) groups is 2. The quantitative estimate of drug-likeness (QED) is 0.427. The molecule has 0 atom stereocenters.